The average Bonchev–Trinajstić information content (AvgIpc) is 3.12. The fraction of sp³-hybridized carbons (Fsp3) is 0.333. The number of rotatable bonds is 8. The highest BCUT2D eigenvalue weighted by Crippen LogP contribution is 2.17. The standard InChI is InChI=1S/C18H22N2O6S/c1-11-6-7-15(27(24,25)19-10-14-5-4-8-26-14)9-16(11)17(21)20-13(3)12(2)18(22)23/h4-9,12-13,19H,10H2,1-3H3,(H,20,21)(H,22,23). The van der Waals surface area contributed by atoms with Gasteiger partial charge in [0.25, 0.3) is 5.91 Å². The van der Waals surface area contributed by atoms with Crippen LogP contribution in [0.3, 0.4) is 0 Å². The molecule has 0 spiro atoms. The number of sulfonamides is 1. The second-order valence-corrected chi connectivity index (χ2v) is 8.04. The number of nitrogens with one attached hydrogen (secondary N) is 2. The van der Waals surface area contributed by atoms with Gasteiger partial charge >= 0.3 is 5.97 Å². The van der Waals surface area contributed by atoms with Crippen LogP contribution in [0.4, 0.5) is 0 Å². The molecule has 2 rings (SSSR count). The number of carboxylic acid groups (broad SMARTS) is 1. The summed E-state index contributed by atoms with van der Waals surface area (Å²) in [6, 6.07) is 6.87. The molecule has 2 unspecified atom stereocenters. The van der Waals surface area contributed by atoms with Crippen molar-refractivity contribution >= 4 is 21.9 Å². The molecule has 2 atom stereocenters. The first-order valence-electron chi connectivity index (χ1n) is 8.28. The van der Waals surface area contributed by atoms with Gasteiger partial charge in [-0.2, -0.15) is 0 Å². The van der Waals surface area contributed by atoms with Crippen molar-refractivity contribution in [2.45, 2.75) is 38.3 Å². The number of carboxylic acids is 1. The maximum absolute atomic E-state index is 12.5. The van der Waals surface area contributed by atoms with Crippen LogP contribution < -0.4 is 10.0 Å². The van der Waals surface area contributed by atoms with Crippen LogP contribution in [0.25, 0.3) is 0 Å². The highest BCUT2D eigenvalue weighted by Gasteiger charge is 2.23. The van der Waals surface area contributed by atoms with Gasteiger partial charge in [-0.05, 0) is 50.6 Å². The van der Waals surface area contributed by atoms with E-state index in [9.17, 15) is 18.0 Å². The van der Waals surface area contributed by atoms with Crippen molar-refractivity contribution in [2.24, 2.45) is 5.92 Å². The third-order valence-electron chi connectivity index (χ3n) is 4.28. The Morgan fingerprint density at radius 2 is 1.93 bits per heavy atom. The summed E-state index contributed by atoms with van der Waals surface area (Å²) in [5, 5.41) is 11.6. The largest absolute Gasteiger partial charge is 0.481 e. The van der Waals surface area contributed by atoms with Gasteiger partial charge in [0.2, 0.25) is 10.0 Å². The molecule has 146 valence electrons. The van der Waals surface area contributed by atoms with Gasteiger partial charge in [0.1, 0.15) is 5.76 Å². The molecular weight excluding hydrogens is 372 g/mol. The zero-order valence-corrected chi connectivity index (χ0v) is 16.0. The molecule has 8 nitrogen and oxygen atoms in total. The highest BCUT2D eigenvalue weighted by atomic mass is 32.2. The maximum atomic E-state index is 12.5. The highest BCUT2D eigenvalue weighted by molar-refractivity contribution is 7.89. The van der Waals surface area contributed by atoms with Gasteiger partial charge < -0.3 is 14.8 Å². The number of amides is 1. The summed E-state index contributed by atoms with van der Waals surface area (Å²) < 4.78 is 32.4. The topological polar surface area (TPSA) is 126 Å². The van der Waals surface area contributed by atoms with Gasteiger partial charge in [-0.25, -0.2) is 13.1 Å². The van der Waals surface area contributed by atoms with E-state index in [2.05, 4.69) is 10.0 Å². The monoisotopic (exact) mass is 394 g/mol. The molecule has 27 heavy (non-hydrogen) atoms. The molecule has 1 heterocycles. The smallest absolute Gasteiger partial charge is 0.308 e. The first-order chi connectivity index (χ1) is 12.6. The Kier molecular flexibility index (Phi) is 6.40. The van der Waals surface area contributed by atoms with Gasteiger partial charge in [0.05, 0.1) is 23.6 Å². The van der Waals surface area contributed by atoms with E-state index in [4.69, 9.17) is 9.52 Å². The molecule has 0 fully saturated rings. The maximum Gasteiger partial charge on any atom is 0.308 e. The van der Waals surface area contributed by atoms with Gasteiger partial charge in [0, 0.05) is 11.6 Å². The molecule has 0 saturated carbocycles. The van der Waals surface area contributed by atoms with Crippen molar-refractivity contribution in [1.29, 1.82) is 0 Å². The predicted molar refractivity (Wildman–Crippen MR) is 97.6 cm³/mol. The first kappa shape index (κ1) is 20.7. The van der Waals surface area contributed by atoms with E-state index >= 15 is 0 Å². The van der Waals surface area contributed by atoms with Crippen LogP contribution in [0, 0.1) is 12.8 Å². The molecular formula is C18H22N2O6S. The summed E-state index contributed by atoms with van der Waals surface area (Å²) in [7, 11) is -3.85. The summed E-state index contributed by atoms with van der Waals surface area (Å²) in [4.78, 5) is 23.5. The molecule has 1 aromatic carbocycles. The molecule has 1 aromatic heterocycles. The van der Waals surface area contributed by atoms with Crippen molar-refractivity contribution in [3.63, 3.8) is 0 Å². The third kappa shape index (κ3) is 5.18. The summed E-state index contributed by atoms with van der Waals surface area (Å²) in [6.07, 6.45) is 1.44. The molecule has 1 amide bonds. The van der Waals surface area contributed by atoms with E-state index in [0.717, 1.165) is 0 Å². The number of furan rings is 1. The van der Waals surface area contributed by atoms with Gasteiger partial charge in [0.15, 0.2) is 0 Å². The lowest BCUT2D eigenvalue weighted by atomic mass is 10.0. The van der Waals surface area contributed by atoms with Crippen LogP contribution in [0.5, 0.6) is 0 Å². The van der Waals surface area contributed by atoms with Crippen LogP contribution in [0.1, 0.15) is 35.5 Å². The fourth-order valence-corrected chi connectivity index (χ4v) is 3.32. The van der Waals surface area contributed by atoms with Gasteiger partial charge in [-0.3, -0.25) is 9.59 Å². The van der Waals surface area contributed by atoms with Crippen molar-refractivity contribution < 1.29 is 27.5 Å². The average molecular weight is 394 g/mol. The van der Waals surface area contributed by atoms with E-state index < -0.39 is 33.9 Å². The lowest BCUT2D eigenvalue weighted by Gasteiger charge is -2.18. The van der Waals surface area contributed by atoms with Crippen LogP contribution in [-0.4, -0.2) is 31.4 Å². The Morgan fingerprint density at radius 1 is 1.22 bits per heavy atom. The Morgan fingerprint density at radius 3 is 2.52 bits per heavy atom. The molecule has 2 aromatic rings. The number of aryl methyl sites for hydroxylation is 1. The van der Waals surface area contributed by atoms with E-state index in [1.807, 2.05) is 0 Å². The number of benzene rings is 1. The summed E-state index contributed by atoms with van der Waals surface area (Å²) in [5.41, 5.74) is 0.743. The van der Waals surface area contributed by atoms with E-state index in [1.54, 1.807) is 26.0 Å². The molecule has 0 aliphatic heterocycles. The second kappa shape index (κ2) is 8.36. The number of carbonyl (C=O) groups excluding carboxylic acids is 1. The Hall–Kier alpha value is -2.65. The zero-order valence-electron chi connectivity index (χ0n) is 15.2. The molecule has 0 saturated heterocycles. The van der Waals surface area contributed by atoms with Crippen molar-refractivity contribution in [3.05, 3.63) is 53.5 Å². The zero-order chi connectivity index (χ0) is 20.2. The van der Waals surface area contributed by atoms with E-state index in [1.165, 1.54) is 31.4 Å². The van der Waals surface area contributed by atoms with E-state index in [-0.39, 0.29) is 17.0 Å². The Balaban J connectivity index is 2.19. The molecule has 0 aliphatic rings. The minimum Gasteiger partial charge on any atom is -0.481 e. The summed E-state index contributed by atoms with van der Waals surface area (Å²) in [5.74, 6) is -1.88. The Labute approximate surface area is 157 Å². The normalized spacial score (nSPS) is 13.7. The number of hydrogen-bond donors (Lipinski definition) is 3. The number of aliphatic carboxylic acids is 1. The fourth-order valence-electron chi connectivity index (χ4n) is 2.30. The minimum absolute atomic E-state index is 0.0160. The van der Waals surface area contributed by atoms with Crippen LogP contribution in [-0.2, 0) is 21.4 Å². The van der Waals surface area contributed by atoms with Crippen molar-refractivity contribution in [3.8, 4) is 0 Å². The van der Waals surface area contributed by atoms with E-state index in [0.29, 0.717) is 11.3 Å². The third-order valence-corrected chi connectivity index (χ3v) is 5.68. The molecule has 0 radical (unpaired) electrons. The quantitative estimate of drug-likeness (QED) is 0.628. The summed E-state index contributed by atoms with van der Waals surface area (Å²) >= 11 is 0. The van der Waals surface area contributed by atoms with Gasteiger partial charge in [-0.15, -0.1) is 0 Å². The second-order valence-electron chi connectivity index (χ2n) is 6.27. The van der Waals surface area contributed by atoms with Crippen LogP contribution in [0.2, 0.25) is 0 Å². The van der Waals surface area contributed by atoms with Crippen LogP contribution >= 0.6 is 0 Å². The molecule has 0 aliphatic carbocycles. The van der Waals surface area contributed by atoms with Crippen LogP contribution in [0.15, 0.2) is 45.9 Å². The Bertz CT molecular complexity index is 921. The predicted octanol–water partition coefficient (Wildman–Crippen LogP) is 1.91. The molecule has 3 N–H and O–H groups in total. The van der Waals surface area contributed by atoms with Crippen molar-refractivity contribution in [2.75, 3.05) is 0 Å². The first-order valence-corrected chi connectivity index (χ1v) is 9.76. The summed E-state index contributed by atoms with van der Waals surface area (Å²) in [6.45, 7) is 4.72. The lowest BCUT2D eigenvalue weighted by molar-refractivity contribution is -0.141. The minimum atomic E-state index is -3.85. The van der Waals surface area contributed by atoms with Gasteiger partial charge in [-0.1, -0.05) is 6.07 Å². The molecule has 0 bridgehead atoms. The number of carbonyl (C=O) groups is 2. The lowest BCUT2D eigenvalue weighted by Crippen LogP contribution is -2.40. The van der Waals surface area contributed by atoms with Crippen molar-refractivity contribution in [1.82, 2.24) is 10.0 Å². The SMILES string of the molecule is Cc1ccc(S(=O)(=O)NCc2ccco2)cc1C(=O)NC(C)C(C)C(=O)O. The molecule has 9 heteroatoms. The number of hydrogen-bond acceptors (Lipinski definition) is 5.